The van der Waals surface area contributed by atoms with Gasteiger partial charge in [-0.25, -0.2) is 0 Å². The molecule has 3 aromatic rings. The van der Waals surface area contributed by atoms with Crippen LogP contribution in [-0.2, 0) is 11.4 Å². The molecular weight excluding hydrogens is 426 g/mol. The summed E-state index contributed by atoms with van der Waals surface area (Å²) < 4.78 is 5.71. The van der Waals surface area contributed by atoms with E-state index < -0.39 is 0 Å². The number of carbonyl (C=O) groups excluding carboxylic acids is 2. The van der Waals surface area contributed by atoms with Gasteiger partial charge in [-0.15, -0.1) is 0 Å². The van der Waals surface area contributed by atoms with Crippen molar-refractivity contribution in [3.8, 4) is 5.75 Å². The summed E-state index contributed by atoms with van der Waals surface area (Å²) >= 11 is 6.17. The normalized spacial score (nSPS) is 10.9. The van der Waals surface area contributed by atoms with Gasteiger partial charge in [-0.05, 0) is 68.0 Å². The van der Waals surface area contributed by atoms with E-state index in [-0.39, 0.29) is 17.9 Å². The van der Waals surface area contributed by atoms with Crippen LogP contribution < -0.4 is 15.4 Å². The predicted octanol–water partition coefficient (Wildman–Crippen LogP) is 5.10. The van der Waals surface area contributed by atoms with Crippen LogP contribution in [-0.4, -0.2) is 22.8 Å². The molecule has 0 bridgehead atoms. The number of hydrogen-bond donors (Lipinski definition) is 2. The molecule has 32 heavy (non-hydrogen) atoms. The number of rotatable bonds is 8. The van der Waals surface area contributed by atoms with Gasteiger partial charge < -0.3 is 15.4 Å². The molecule has 0 saturated heterocycles. The molecule has 7 heteroatoms. The first-order valence-corrected chi connectivity index (χ1v) is 10.5. The van der Waals surface area contributed by atoms with E-state index in [1.54, 1.807) is 30.5 Å². The number of amides is 2. The Morgan fingerprint density at radius 1 is 1.09 bits per heavy atom. The second kappa shape index (κ2) is 11.1. The first-order chi connectivity index (χ1) is 15.4. The highest BCUT2D eigenvalue weighted by Gasteiger charge is 2.11. The summed E-state index contributed by atoms with van der Waals surface area (Å²) in [6.07, 6.45) is 4.81. The number of benzene rings is 2. The SMILES string of the molecule is CC(C)NC(=O)c1ccc(Cl)c(NC(=O)/C=C/c2ccc(OCc3ccccn3)cc2)c1. The standard InChI is InChI=1S/C25H24ClN3O3/c1-17(2)28-25(31)19-9-12-22(26)23(15-19)29-24(30)13-8-18-6-10-21(11-7-18)32-16-20-5-3-4-14-27-20/h3-15,17H,16H2,1-2H3,(H,28,31)(H,29,30)/b13-8+. The topological polar surface area (TPSA) is 80.3 Å². The predicted molar refractivity (Wildman–Crippen MR) is 127 cm³/mol. The van der Waals surface area contributed by atoms with Crippen LogP contribution in [0.1, 0.15) is 35.5 Å². The van der Waals surface area contributed by atoms with E-state index in [4.69, 9.17) is 16.3 Å². The van der Waals surface area contributed by atoms with Gasteiger partial charge in [0.25, 0.3) is 5.91 Å². The Morgan fingerprint density at radius 2 is 1.88 bits per heavy atom. The second-order valence-electron chi connectivity index (χ2n) is 7.32. The molecule has 0 radical (unpaired) electrons. The maximum absolute atomic E-state index is 12.3. The molecule has 6 nitrogen and oxygen atoms in total. The summed E-state index contributed by atoms with van der Waals surface area (Å²) in [5.74, 6) is 0.123. The third-order valence-corrected chi connectivity index (χ3v) is 4.66. The van der Waals surface area contributed by atoms with E-state index in [0.717, 1.165) is 11.3 Å². The molecule has 0 unspecified atom stereocenters. The van der Waals surface area contributed by atoms with Gasteiger partial charge >= 0.3 is 0 Å². The first-order valence-electron chi connectivity index (χ1n) is 10.1. The Bertz CT molecular complexity index is 1100. The Kier molecular flexibility index (Phi) is 8.00. The average molecular weight is 450 g/mol. The van der Waals surface area contributed by atoms with Crippen molar-refractivity contribution in [2.75, 3.05) is 5.32 Å². The number of ether oxygens (including phenoxy) is 1. The van der Waals surface area contributed by atoms with E-state index in [9.17, 15) is 9.59 Å². The molecular formula is C25H24ClN3O3. The third kappa shape index (κ3) is 6.96. The number of carbonyl (C=O) groups is 2. The molecule has 1 heterocycles. The van der Waals surface area contributed by atoms with Crippen molar-refractivity contribution in [3.05, 3.63) is 94.8 Å². The van der Waals surface area contributed by atoms with Crippen LogP contribution in [0, 0.1) is 0 Å². The molecule has 3 rings (SSSR count). The van der Waals surface area contributed by atoms with E-state index in [1.165, 1.54) is 6.08 Å². The third-order valence-electron chi connectivity index (χ3n) is 4.33. The molecule has 0 aliphatic rings. The minimum Gasteiger partial charge on any atom is -0.487 e. The maximum Gasteiger partial charge on any atom is 0.251 e. The number of anilines is 1. The zero-order chi connectivity index (χ0) is 22.9. The second-order valence-corrected chi connectivity index (χ2v) is 7.73. The molecule has 0 aliphatic heterocycles. The van der Waals surface area contributed by atoms with Crippen molar-refractivity contribution in [2.45, 2.75) is 26.5 Å². The summed E-state index contributed by atoms with van der Waals surface area (Å²) in [7, 11) is 0. The zero-order valence-corrected chi connectivity index (χ0v) is 18.6. The van der Waals surface area contributed by atoms with E-state index in [2.05, 4.69) is 15.6 Å². The molecule has 0 fully saturated rings. The monoisotopic (exact) mass is 449 g/mol. The van der Waals surface area contributed by atoms with Gasteiger partial charge in [-0.1, -0.05) is 29.8 Å². The largest absolute Gasteiger partial charge is 0.487 e. The van der Waals surface area contributed by atoms with Crippen molar-refractivity contribution in [2.24, 2.45) is 0 Å². The van der Waals surface area contributed by atoms with Gasteiger partial charge in [-0.3, -0.25) is 14.6 Å². The number of nitrogens with zero attached hydrogens (tertiary/aromatic N) is 1. The van der Waals surface area contributed by atoms with Crippen LogP contribution in [0.4, 0.5) is 5.69 Å². The highest BCUT2D eigenvalue weighted by atomic mass is 35.5. The van der Waals surface area contributed by atoms with Crippen molar-refractivity contribution in [1.82, 2.24) is 10.3 Å². The average Bonchev–Trinajstić information content (AvgIpc) is 2.78. The van der Waals surface area contributed by atoms with Crippen molar-refractivity contribution in [3.63, 3.8) is 0 Å². The molecule has 0 spiro atoms. The smallest absolute Gasteiger partial charge is 0.251 e. The van der Waals surface area contributed by atoms with Crippen molar-refractivity contribution in [1.29, 1.82) is 0 Å². The molecule has 164 valence electrons. The van der Waals surface area contributed by atoms with Gasteiger partial charge in [-0.2, -0.15) is 0 Å². The van der Waals surface area contributed by atoms with Crippen LogP contribution in [0.25, 0.3) is 6.08 Å². The first kappa shape index (κ1) is 23.0. The number of aromatic nitrogens is 1. The van der Waals surface area contributed by atoms with Gasteiger partial charge in [0, 0.05) is 23.9 Å². The van der Waals surface area contributed by atoms with E-state index >= 15 is 0 Å². The lowest BCUT2D eigenvalue weighted by atomic mass is 10.1. The van der Waals surface area contributed by atoms with Crippen LogP contribution >= 0.6 is 11.6 Å². The zero-order valence-electron chi connectivity index (χ0n) is 17.8. The molecule has 0 atom stereocenters. The van der Waals surface area contributed by atoms with Gasteiger partial charge in [0.05, 0.1) is 16.4 Å². The Labute approximate surface area is 192 Å². The molecule has 2 aromatic carbocycles. The quantitative estimate of drug-likeness (QED) is 0.468. The fraction of sp³-hybridized carbons (Fsp3) is 0.160. The minimum absolute atomic E-state index is 0.00551. The minimum atomic E-state index is -0.358. The Hall–Kier alpha value is -3.64. The van der Waals surface area contributed by atoms with Gasteiger partial charge in [0.2, 0.25) is 5.91 Å². The summed E-state index contributed by atoms with van der Waals surface area (Å²) in [6.45, 7) is 4.13. The highest BCUT2D eigenvalue weighted by Crippen LogP contribution is 2.23. The van der Waals surface area contributed by atoms with E-state index in [0.29, 0.717) is 28.6 Å². The number of halogens is 1. The molecule has 0 saturated carbocycles. The number of pyridine rings is 1. The lowest BCUT2D eigenvalue weighted by molar-refractivity contribution is -0.111. The van der Waals surface area contributed by atoms with Crippen molar-refractivity contribution < 1.29 is 14.3 Å². The lowest BCUT2D eigenvalue weighted by Crippen LogP contribution is -2.30. The Balaban J connectivity index is 1.57. The van der Waals surface area contributed by atoms with E-state index in [1.807, 2.05) is 56.3 Å². The fourth-order valence-corrected chi connectivity index (χ4v) is 2.93. The molecule has 2 N–H and O–H groups in total. The molecule has 0 aliphatic carbocycles. The van der Waals surface area contributed by atoms with Crippen LogP contribution in [0.5, 0.6) is 5.75 Å². The fourth-order valence-electron chi connectivity index (χ4n) is 2.77. The number of hydrogen-bond acceptors (Lipinski definition) is 4. The van der Waals surface area contributed by atoms with Crippen LogP contribution in [0.15, 0.2) is 72.9 Å². The van der Waals surface area contributed by atoms with Gasteiger partial charge in [0.1, 0.15) is 12.4 Å². The highest BCUT2D eigenvalue weighted by molar-refractivity contribution is 6.34. The van der Waals surface area contributed by atoms with Gasteiger partial charge in [0.15, 0.2) is 0 Å². The summed E-state index contributed by atoms with van der Waals surface area (Å²) in [6, 6.07) is 17.8. The molecule has 2 amide bonds. The summed E-state index contributed by atoms with van der Waals surface area (Å²) in [5.41, 5.74) is 2.47. The lowest BCUT2D eigenvalue weighted by Gasteiger charge is -2.11. The molecule has 1 aromatic heterocycles. The van der Waals surface area contributed by atoms with Crippen LogP contribution in [0.2, 0.25) is 5.02 Å². The maximum atomic E-state index is 12.3. The Morgan fingerprint density at radius 3 is 2.56 bits per heavy atom. The van der Waals surface area contributed by atoms with Crippen LogP contribution in [0.3, 0.4) is 0 Å². The van der Waals surface area contributed by atoms with Crippen molar-refractivity contribution >= 4 is 35.2 Å². The summed E-state index contributed by atoms with van der Waals surface area (Å²) in [5, 5.41) is 5.86. The number of nitrogens with one attached hydrogen (secondary N) is 2. The summed E-state index contributed by atoms with van der Waals surface area (Å²) in [4.78, 5) is 28.7.